The lowest BCUT2D eigenvalue weighted by atomic mass is 10.1. The number of amides is 1. The minimum Gasteiger partial charge on any atom is -0.481 e. The maximum Gasteiger partial charge on any atom is 0.407 e. The summed E-state index contributed by atoms with van der Waals surface area (Å²) in [6.45, 7) is 6.84. The van der Waals surface area contributed by atoms with Crippen molar-refractivity contribution in [2.75, 3.05) is 13.1 Å². The summed E-state index contributed by atoms with van der Waals surface area (Å²) in [6.07, 6.45) is 9.87. The highest BCUT2D eigenvalue weighted by Gasteiger charge is 2.15. The molecule has 8 nitrogen and oxygen atoms in total. The third-order valence-corrected chi connectivity index (χ3v) is 3.83. The van der Waals surface area contributed by atoms with Crippen LogP contribution in [0.4, 0.5) is 4.79 Å². The summed E-state index contributed by atoms with van der Waals surface area (Å²) >= 11 is 0. The van der Waals surface area contributed by atoms with Gasteiger partial charge in [-0.2, -0.15) is 0 Å². The molecule has 0 aromatic heterocycles. The number of carbonyl (C=O) groups excluding carboxylic acids is 1. The Balaban J connectivity index is 0. The van der Waals surface area contributed by atoms with Crippen LogP contribution in [0.2, 0.25) is 0 Å². The molecule has 0 bridgehead atoms. The van der Waals surface area contributed by atoms with E-state index in [0.29, 0.717) is 13.0 Å². The number of hydrogen-bond donors (Lipinski definition) is 4. The minimum atomic E-state index is -0.735. The molecular weight excluding hydrogens is 376 g/mol. The Morgan fingerprint density at radius 1 is 0.759 bits per heavy atom. The van der Waals surface area contributed by atoms with Crippen molar-refractivity contribution in [2.24, 2.45) is 5.73 Å². The highest BCUT2D eigenvalue weighted by Crippen LogP contribution is 2.07. The number of carboxylic acids is 2. The largest absolute Gasteiger partial charge is 0.481 e. The Morgan fingerprint density at radius 3 is 1.59 bits per heavy atom. The summed E-state index contributed by atoms with van der Waals surface area (Å²) in [5, 5.41) is 19.4. The Bertz CT molecular complexity index is 435. The lowest BCUT2D eigenvalue weighted by molar-refractivity contribution is -0.138. The first-order valence-corrected chi connectivity index (χ1v) is 10.7. The molecule has 0 atom stereocenters. The van der Waals surface area contributed by atoms with Crippen molar-refractivity contribution in [3.63, 3.8) is 0 Å². The van der Waals surface area contributed by atoms with E-state index in [0.717, 1.165) is 70.8 Å². The smallest absolute Gasteiger partial charge is 0.407 e. The highest BCUT2D eigenvalue weighted by molar-refractivity contribution is 5.67. The molecule has 0 aromatic rings. The monoisotopic (exact) mass is 418 g/mol. The van der Waals surface area contributed by atoms with Crippen molar-refractivity contribution in [2.45, 2.75) is 103 Å². The Morgan fingerprint density at radius 2 is 1.17 bits per heavy atom. The number of alkyl carbamates (subject to hydrolysis) is 1. The fourth-order valence-electron chi connectivity index (χ4n) is 2.39. The van der Waals surface area contributed by atoms with Crippen molar-refractivity contribution in [1.82, 2.24) is 5.32 Å². The number of rotatable bonds is 15. The fraction of sp³-hybridized carbons (Fsp3) is 0.857. The number of unbranched alkanes of at least 4 members (excludes halogenated alkanes) is 8. The average molecular weight is 419 g/mol. The number of carbonyl (C=O) groups is 3. The number of hydrogen-bond acceptors (Lipinski definition) is 5. The van der Waals surface area contributed by atoms with Crippen LogP contribution in [0.15, 0.2) is 0 Å². The van der Waals surface area contributed by atoms with Crippen LogP contribution < -0.4 is 11.1 Å². The van der Waals surface area contributed by atoms with Gasteiger partial charge in [-0.1, -0.05) is 38.5 Å². The van der Waals surface area contributed by atoms with Crippen molar-refractivity contribution >= 4 is 18.0 Å². The van der Waals surface area contributed by atoms with Gasteiger partial charge in [0.15, 0.2) is 0 Å². The van der Waals surface area contributed by atoms with Crippen LogP contribution >= 0.6 is 0 Å². The van der Waals surface area contributed by atoms with Crippen molar-refractivity contribution in [3.05, 3.63) is 0 Å². The van der Waals surface area contributed by atoms with Crippen LogP contribution in [0.5, 0.6) is 0 Å². The molecule has 0 aromatic carbocycles. The first kappa shape index (κ1) is 29.4. The van der Waals surface area contributed by atoms with Crippen LogP contribution in [-0.2, 0) is 14.3 Å². The van der Waals surface area contributed by atoms with E-state index in [4.69, 9.17) is 20.7 Å². The predicted octanol–water partition coefficient (Wildman–Crippen LogP) is 4.31. The molecule has 0 saturated heterocycles. The van der Waals surface area contributed by atoms with E-state index in [1.54, 1.807) is 0 Å². The van der Waals surface area contributed by atoms with Gasteiger partial charge in [0.2, 0.25) is 0 Å². The molecule has 1 amide bonds. The van der Waals surface area contributed by atoms with Gasteiger partial charge in [-0.15, -0.1) is 0 Å². The second-order valence-electron chi connectivity index (χ2n) is 8.04. The molecule has 0 radical (unpaired) electrons. The minimum absolute atomic E-state index is 0.246. The maximum atomic E-state index is 11.3. The average Bonchev–Trinajstić information content (AvgIpc) is 2.59. The molecule has 0 aliphatic heterocycles. The van der Waals surface area contributed by atoms with E-state index >= 15 is 0 Å². The molecule has 29 heavy (non-hydrogen) atoms. The number of nitrogens with one attached hydrogen (secondary N) is 1. The van der Waals surface area contributed by atoms with Gasteiger partial charge in [-0.05, 0) is 53.0 Å². The molecule has 0 saturated carbocycles. The van der Waals surface area contributed by atoms with Gasteiger partial charge in [-0.25, -0.2) is 4.79 Å². The van der Waals surface area contributed by atoms with E-state index < -0.39 is 17.5 Å². The molecule has 8 heteroatoms. The Kier molecular flexibility index (Phi) is 19.7. The van der Waals surface area contributed by atoms with Crippen molar-refractivity contribution in [1.29, 1.82) is 0 Å². The van der Waals surface area contributed by atoms with E-state index in [2.05, 4.69) is 5.32 Å². The van der Waals surface area contributed by atoms with Crippen LogP contribution in [0.25, 0.3) is 0 Å². The zero-order chi connectivity index (χ0) is 22.5. The molecule has 0 heterocycles. The Hall–Kier alpha value is -1.83. The lowest BCUT2D eigenvalue weighted by Gasteiger charge is -2.19. The summed E-state index contributed by atoms with van der Waals surface area (Å²) in [6, 6.07) is 0. The number of nitrogens with two attached hydrogens (primary N) is 1. The number of carboxylic acid groups (broad SMARTS) is 2. The van der Waals surface area contributed by atoms with E-state index in [1.165, 1.54) is 0 Å². The van der Waals surface area contributed by atoms with Crippen molar-refractivity contribution < 1.29 is 29.3 Å². The summed E-state index contributed by atoms with van der Waals surface area (Å²) in [7, 11) is 0. The number of aliphatic carboxylic acids is 2. The van der Waals surface area contributed by atoms with Gasteiger partial charge < -0.3 is 26.0 Å². The third kappa shape index (κ3) is 31.1. The van der Waals surface area contributed by atoms with Gasteiger partial charge >= 0.3 is 18.0 Å². The van der Waals surface area contributed by atoms with Crippen molar-refractivity contribution in [3.8, 4) is 0 Å². The summed E-state index contributed by atoms with van der Waals surface area (Å²) in [5.41, 5.74) is 4.84. The SMILES string of the molecule is CC(C)(C)OC(=O)NCCCCCCCC(=O)O.NCCCCCCCC(=O)O. The number of ether oxygens (including phenoxy) is 1. The summed E-state index contributed by atoms with van der Waals surface area (Å²) < 4.78 is 5.09. The van der Waals surface area contributed by atoms with Crippen LogP contribution in [0.1, 0.15) is 97.8 Å². The zero-order valence-corrected chi connectivity index (χ0v) is 18.5. The van der Waals surface area contributed by atoms with Gasteiger partial charge in [0, 0.05) is 19.4 Å². The quantitative estimate of drug-likeness (QED) is 0.291. The topological polar surface area (TPSA) is 139 Å². The van der Waals surface area contributed by atoms with Gasteiger partial charge in [0.05, 0.1) is 0 Å². The van der Waals surface area contributed by atoms with Gasteiger partial charge in [-0.3, -0.25) is 9.59 Å². The lowest BCUT2D eigenvalue weighted by Crippen LogP contribution is -2.32. The highest BCUT2D eigenvalue weighted by atomic mass is 16.6. The predicted molar refractivity (Wildman–Crippen MR) is 114 cm³/mol. The summed E-state index contributed by atoms with van der Waals surface area (Å²) in [5.74, 6) is -1.43. The first-order valence-electron chi connectivity index (χ1n) is 10.7. The second-order valence-corrected chi connectivity index (χ2v) is 8.04. The van der Waals surface area contributed by atoms with Crippen LogP contribution in [0.3, 0.4) is 0 Å². The van der Waals surface area contributed by atoms with E-state index in [1.807, 2.05) is 20.8 Å². The zero-order valence-electron chi connectivity index (χ0n) is 18.5. The molecular formula is C21H42N2O6. The first-order chi connectivity index (χ1) is 13.6. The normalized spacial score (nSPS) is 10.6. The molecule has 0 unspecified atom stereocenters. The standard InChI is InChI=1S/C13H25NO4.C8H17NO2/c1-13(2,3)18-12(17)14-10-8-6-4-5-7-9-11(15)16;9-7-5-3-1-2-4-6-8(10)11/h4-10H2,1-3H3,(H,14,17)(H,15,16);1-7,9H2,(H,10,11). The summed E-state index contributed by atoms with van der Waals surface area (Å²) in [4.78, 5) is 31.6. The molecule has 0 fully saturated rings. The molecule has 0 aliphatic carbocycles. The third-order valence-electron chi connectivity index (χ3n) is 3.83. The van der Waals surface area contributed by atoms with Crippen LogP contribution in [0, 0.1) is 0 Å². The second kappa shape index (κ2) is 19.5. The molecule has 5 N–H and O–H groups in total. The van der Waals surface area contributed by atoms with E-state index in [9.17, 15) is 14.4 Å². The molecule has 172 valence electrons. The fourth-order valence-corrected chi connectivity index (χ4v) is 2.39. The van der Waals surface area contributed by atoms with Crippen LogP contribution in [-0.4, -0.2) is 46.9 Å². The Labute approximate surface area is 175 Å². The molecule has 0 spiro atoms. The maximum absolute atomic E-state index is 11.3. The van der Waals surface area contributed by atoms with Gasteiger partial charge in [0.25, 0.3) is 0 Å². The molecule has 0 rings (SSSR count). The molecule has 0 aliphatic rings. The van der Waals surface area contributed by atoms with E-state index in [-0.39, 0.29) is 12.5 Å². The van der Waals surface area contributed by atoms with Gasteiger partial charge in [0.1, 0.15) is 5.60 Å².